The van der Waals surface area contributed by atoms with Gasteiger partial charge in [0.1, 0.15) is 22.4 Å². The Morgan fingerprint density at radius 3 is 2.55 bits per heavy atom. The molecule has 4 heterocycles. The predicted octanol–water partition coefficient (Wildman–Crippen LogP) is 7.17. The van der Waals surface area contributed by atoms with E-state index >= 15 is 0 Å². The molecule has 40 heavy (non-hydrogen) atoms. The van der Waals surface area contributed by atoms with E-state index in [1.165, 1.54) is 0 Å². The molecule has 8 rings (SSSR count). The molecular formula is C32H22N7O. The molecule has 0 saturated heterocycles. The average molecular weight is 521 g/mol. The zero-order valence-electron chi connectivity index (χ0n) is 21.8. The summed E-state index contributed by atoms with van der Waals surface area (Å²) in [7, 11) is 0. The number of fused-ring (bicyclic) bond motifs is 4. The largest absolute Gasteiger partial charge is 0.293 e. The fourth-order valence-corrected chi connectivity index (χ4v) is 5.57. The molecule has 0 aliphatic heterocycles. The maximum Gasteiger partial charge on any atom is 0.138 e. The standard InChI is InChI=1S/C32H22N7O/c1-19(2)39-29-15-12-21(17-27(29)34-37-39)31-23-8-4-6-10-28(23)38(30-16-13-20-7-3-5-9-24(20)33-30)32(31)22-11-14-25-26(18-22)36-40-35-25/h3-5,7-19H,1-2H3. The van der Waals surface area contributed by atoms with E-state index in [1.807, 2.05) is 47.1 Å². The molecule has 0 aliphatic rings. The Kier molecular flexibility index (Phi) is 4.84. The van der Waals surface area contributed by atoms with Crippen molar-refractivity contribution in [3.05, 3.63) is 97.1 Å². The summed E-state index contributed by atoms with van der Waals surface area (Å²) < 4.78 is 9.17. The van der Waals surface area contributed by atoms with Crippen LogP contribution in [0, 0.1) is 6.07 Å². The lowest BCUT2D eigenvalue weighted by molar-refractivity contribution is 0.315. The van der Waals surface area contributed by atoms with Crippen molar-refractivity contribution in [1.82, 2.24) is 34.9 Å². The molecule has 191 valence electrons. The van der Waals surface area contributed by atoms with Crippen molar-refractivity contribution in [1.29, 1.82) is 0 Å². The molecule has 0 atom stereocenters. The van der Waals surface area contributed by atoms with Gasteiger partial charge in [-0.15, -0.1) is 5.10 Å². The van der Waals surface area contributed by atoms with Gasteiger partial charge in [0.15, 0.2) is 0 Å². The SMILES string of the molecule is CC(C)n1nnc2cc(-c3c(-c4ccc5nonc5c4)n(-c4ccc5ccccc5n4)c4c[c]ccc34)ccc21. The Morgan fingerprint density at radius 1 is 0.775 bits per heavy atom. The van der Waals surface area contributed by atoms with Crippen LogP contribution in [0.4, 0.5) is 0 Å². The highest BCUT2D eigenvalue weighted by molar-refractivity contribution is 6.07. The minimum absolute atomic E-state index is 0.214. The topological polar surface area (TPSA) is 87.5 Å². The molecule has 0 saturated carbocycles. The quantitative estimate of drug-likeness (QED) is 0.244. The van der Waals surface area contributed by atoms with Crippen LogP contribution in [-0.2, 0) is 0 Å². The first-order valence-electron chi connectivity index (χ1n) is 13.1. The van der Waals surface area contributed by atoms with E-state index in [-0.39, 0.29) is 6.04 Å². The summed E-state index contributed by atoms with van der Waals surface area (Å²) in [6.45, 7) is 4.21. The molecule has 0 amide bonds. The van der Waals surface area contributed by atoms with Crippen LogP contribution >= 0.6 is 0 Å². The van der Waals surface area contributed by atoms with Crippen LogP contribution in [0.25, 0.3) is 72.1 Å². The second kappa shape index (κ2) is 8.57. The molecule has 0 N–H and O–H groups in total. The molecule has 0 fully saturated rings. The number of para-hydroxylation sites is 1. The third-order valence-electron chi connectivity index (χ3n) is 7.40. The summed E-state index contributed by atoms with van der Waals surface area (Å²) in [6.07, 6.45) is 0. The van der Waals surface area contributed by atoms with E-state index in [0.717, 1.165) is 61.0 Å². The van der Waals surface area contributed by atoms with E-state index in [9.17, 15) is 0 Å². The van der Waals surface area contributed by atoms with Crippen molar-refractivity contribution in [2.45, 2.75) is 19.9 Å². The van der Waals surface area contributed by atoms with Crippen LogP contribution < -0.4 is 0 Å². The number of aromatic nitrogens is 7. The average Bonchev–Trinajstić information content (AvgIpc) is 3.71. The monoisotopic (exact) mass is 520 g/mol. The number of pyridine rings is 1. The van der Waals surface area contributed by atoms with Gasteiger partial charge in [-0.3, -0.25) is 4.57 Å². The summed E-state index contributed by atoms with van der Waals surface area (Å²) in [5, 5.41) is 19.2. The van der Waals surface area contributed by atoms with Crippen molar-refractivity contribution in [2.24, 2.45) is 0 Å². The summed E-state index contributed by atoms with van der Waals surface area (Å²) >= 11 is 0. The number of rotatable bonds is 4. The Hall–Kier alpha value is -5.37. The molecular weight excluding hydrogens is 498 g/mol. The Labute approximate surface area is 228 Å². The lowest BCUT2D eigenvalue weighted by atomic mass is 9.97. The second-order valence-corrected chi connectivity index (χ2v) is 10.2. The second-order valence-electron chi connectivity index (χ2n) is 10.2. The molecule has 0 unspecified atom stereocenters. The van der Waals surface area contributed by atoms with Gasteiger partial charge in [-0.1, -0.05) is 47.7 Å². The molecule has 0 spiro atoms. The van der Waals surface area contributed by atoms with E-state index in [1.54, 1.807) is 0 Å². The van der Waals surface area contributed by atoms with Crippen LogP contribution in [0.2, 0.25) is 0 Å². The van der Waals surface area contributed by atoms with Gasteiger partial charge in [-0.25, -0.2) is 14.3 Å². The van der Waals surface area contributed by atoms with Gasteiger partial charge < -0.3 is 0 Å². The first-order valence-corrected chi connectivity index (χ1v) is 13.1. The summed E-state index contributed by atoms with van der Waals surface area (Å²) in [5.41, 5.74) is 9.22. The molecule has 4 aromatic heterocycles. The zero-order valence-corrected chi connectivity index (χ0v) is 21.8. The fraction of sp³-hybridized carbons (Fsp3) is 0.0938. The third-order valence-corrected chi connectivity index (χ3v) is 7.40. The van der Waals surface area contributed by atoms with Gasteiger partial charge in [0, 0.05) is 27.9 Å². The van der Waals surface area contributed by atoms with Crippen molar-refractivity contribution in [3.63, 3.8) is 0 Å². The number of hydrogen-bond acceptors (Lipinski definition) is 6. The lowest BCUT2D eigenvalue weighted by Gasteiger charge is -2.13. The molecule has 1 radical (unpaired) electrons. The Bertz CT molecular complexity index is 2220. The molecule has 8 nitrogen and oxygen atoms in total. The van der Waals surface area contributed by atoms with Crippen LogP contribution in [-0.4, -0.2) is 34.9 Å². The molecule has 8 aromatic rings. The van der Waals surface area contributed by atoms with Crippen LogP contribution in [0.3, 0.4) is 0 Å². The van der Waals surface area contributed by atoms with Crippen LogP contribution in [0.15, 0.2) is 95.6 Å². The van der Waals surface area contributed by atoms with E-state index in [4.69, 9.17) is 9.61 Å². The van der Waals surface area contributed by atoms with Crippen molar-refractivity contribution < 1.29 is 4.63 Å². The van der Waals surface area contributed by atoms with Crippen molar-refractivity contribution >= 4 is 43.9 Å². The summed E-state index contributed by atoms with van der Waals surface area (Å²) in [5.74, 6) is 0.815. The zero-order chi connectivity index (χ0) is 26.8. The summed E-state index contributed by atoms with van der Waals surface area (Å²) in [6, 6.07) is 34.3. The smallest absolute Gasteiger partial charge is 0.138 e. The molecule has 4 aromatic carbocycles. The van der Waals surface area contributed by atoms with Gasteiger partial charge in [-0.05, 0) is 84.3 Å². The predicted molar refractivity (Wildman–Crippen MR) is 155 cm³/mol. The lowest BCUT2D eigenvalue weighted by Crippen LogP contribution is -2.02. The molecule has 0 aliphatic carbocycles. The third kappa shape index (κ3) is 3.36. The first kappa shape index (κ1) is 22.6. The maximum absolute atomic E-state index is 5.09. The van der Waals surface area contributed by atoms with Crippen LogP contribution in [0.1, 0.15) is 19.9 Å². The van der Waals surface area contributed by atoms with Crippen LogP contribution in [0.5, 0.6) is 0 Å². The minimum atomic E-state index is 0.214. The number of benzene rings is 4. The highest BCUT2D eigenvalue weighted by atomic mass is 16.6. The normalized spacial score (nSPS) is 12.0. The highest BCUT2D eigenvalue weighted by Gasteiger charge is 2.23. The van der Waals surface area contributed by atoms with Gasteiger partial charge >= 0.3 is 0 Å². The Balaban J connectivity index is 1.48. The highest BCUT2D eigenvalue weighted by Crippen LogP contribution is 2.43. The van der Waals surface area contributed by atoms with Crippen molar-refractivity contribution in [3.8, 4) is 28.2 Å². The fourth-order valence-electron chi connectivity index (χ4n) is 5.57. The van der Waals surface area contributed by atoms with E-state index in [2.05, 4.69) is 93.6 Å². The molecule has 0 bridgehead atoms. The number of nitrogens with zero attached hydrogens (tertiary/aromatic N) is 7. The minimum Gasteiger partial charge on any atom is -0.293 e. The van der Waals surface area contributed by atoms with Gasteiger partial charge in [-0.2, -0.15) is 0 Å². The summed E-state index contributed by atoms with van der Waals surface area (Å²) in [4.78, 5) is 5.09. The Morgan fingerprint density at radius 2 is 1.62 bits per heavy atom. The van der Waals surface area contributed by atoms with E-state index in [0.29, 0.717) is 11.0 Å². The van der Waals surface area contributed by atoms with Gasteiger partial charge in [0.05, 0.1) is 22.2 Å². The van der Waals surface area contributed by atoms with Crippen molar-refractivity contribution in [2.75, 3.05) is 0 Å². The molecule has 8 heteroatoms. The van der Waals surface area contributed by atoms with E-state index < -0.39 is 0 Å². The maximum atomic E-state index is 5.09. The van der Waals surface area contributed by atoms with Gasteiger partial charge in [0.25, 0.3) is 0 Å². The van der Waals surface area contributed by atoms with Gasteiger partial charge in [0.2, 0.25) is 0 Å². The number of hydrogen-bond donors (Lipinski definition) is 0. The first-order chi connectivity index (χ1) is 19.7.